The van der Waals surface area contributed by atoms with Crippen molar-refractivity contribution in [2.45, 2.75) is 25.8 Å². The summed E-state index contributed by atoms with van der Waals surface area (Å²) in [6, 6.07) is 13.7. The number of aliphatic hydroxyl groups excluding tert-OH is 1. The summed E-state index contributed by atoms with van der Waals surface area (Å²) >= 11 is 5.94. The van der Waals surface area contributed by atoms with Crippen LogP contribution in [0.3, 0.4) is 0 Å². The van der Waals surface area contributed by atoms with Gasteiger partial charge in [0.1, 0.15) is 5.76 Å². The van der Waals surface area contributed by atoms with Gasteiger partial charge in [-0.1, -0.05) is 42.8 Å². The Balaban J connectivity index is 2.09. The van der Waals surface area contributed by atoms with Crippen molar-refractivity contribution < 1.29 is 19.4 Å². The van der Waals surface area contributed by atoms with Gasteiger partial charge in [0.15, 0.2) is 0 Å². The molecule has 2 aromatic rings. The highest BCUT2D eigenvalue weighted by Crippen LogP contribution is 2.39. The van der Waals surface area contributed by atoms with Crippen LogP contribution in [-0.4, -0.2) is 42.0 Å². The van der Waals surface area contributed by atoms with Gasteiger partial charge < -0.3 is 14.7 Å². The van der Waals surface area contributed by atoms with Crippen LogP contribution in [0, 0.1) is 0 Å². The van der Waals surface area contributed by atoms with E-state index in [0.717, 1.165) is 17.5 Å². The predicted molar refractivity (Wildman–Crippen MR) is 113 cm³/mol. The second-order valence-electron chi connectivity index (χ2n) is 6.94. The first-order valence-corrected chi connectivity index (χ1v) is 9.97. The van der Waals surface area contributed by atoms with E-state index < -0.39 is 17.7 Å². The first-order chi connectivity index (χ1) is 14.0. The van der Waals surface area contributed by atoms with E-state index in [2.05, 4.69) is 6.92 Å². The van der Waals surface area contributed by atoms with E-state index in [1.54, 1.807) is 31.4 Å². The van der Waals surface area contributed by atoms with E-state index in [1.807, 2.05) is 24.3 Å². The molecule has 0 spiro atoms. The first kappa shape index (κ1) is 21.1. The van der Waals surface area contributed by atoms with E-state index in [-0.39, 0.29) is 11.3 Å². The third-order valence-corrected chi connectivity index (χ3v) is 5.36. The Morgan fingerprint density at radius 2 is 1.76 bits per heavy atom. The molecule has 1 atom stereocenters. The monoisotopic (exact) mass is 413 g/mol. The van der Waals surface area contributed by atoms with Gasteiger partial charge in [-0.2, -0.15) is 0 Å². The van der Waals surface area contributed by atoms with E-state index in [0.29, 0.717) is 30.2 Å². The number of aryl methyl sites for hydroxylation is 1. The number of aliphatic hydroxyl groups is 1. The number of nitrogens with zero attached hydrogens (tertiary/aromatic N) is 1. The third-order valence-electron chi connectivity index (χ3n) is 5.11. The average molecular weight is 414 g/mol. The molecule has 1 heterocycles. The molecule has 1 aliphatic rings. The van der Waals surface area contributed by atoms with Gasteiger partial charge in [-0.25, -0.2) is 0 Å². The number of methoxy groups -OCH3 is 1. The fourth-order valence-corrected chi connectivity index (χ4v) is 3.66. The lowest BCUT2D eigenvalue weighted by Crippen LogP contribution is -2.31. The first-order valence-electron chi connectivity index (χ1n) is 9.60. The van der Waals surface area contributed by atoms with Crippen LogP contribution in [0.5, 0.6) is 0 Å². The Hall–Kier alpha value is -2.63. The van der Waals surface area contributed by atoms with E-state index in [9.17, 15) is 14.7 Å². The summed E-state index contributed by atoms with van der Waals surface area (Å²) in [6.07, 6.45) is 1.48. The number of hydrogen-bond donors (Lipinski definition) is 1. The Morgan fingerprint density at radius 3 is 2.34 bits per heavy atom. The molecule has 6 heteroatoms. The van der Waals surface area contributed by atoms with Gasteiger partial charge in [0.2, 0.25) is 0 Å². The average Bonchev–Trinajstić information content (AvgIpc) is 2.99. The number of ketones is 1. The van der Waals surface area contributed by atoms with Gasteiger partial charge in [0.25, 0.3) is 11.7 Å². The van der Waals surface area contributed by atoms with E-state index >= 15 is 0 Å². The standard InChI is InChI=1S/C23H24ClNO4/c1-3-15-5-7-16(8-6-15)20-19(21(26)17-9-11-18(24)12-10-17)22(27)23(28)25(20)13-4-14-29-2/h5-12,20,26H,3-4,13-14H2,1-2H3/b21-19-. The number of halogens is 1. The summed E-state index contributed by atoms with van der Waals surface area (Å²) in [5.41, 5.74) is 2.48. The maximum Gasteiger partial charge on any atom is 0.295 e. The van der Waals surface area contributed by atoms with Crippen molar-refractivity contribution in [3.05, 3.63) is 75.8 Å². The van der Waals surface area contributed by atoms with Crippen LogP contribution in [0.15, 0.2) is 54.1 Å². The van der Waals surface area contributed by atoms with Crippen molar-refractivity contribution in [3.8, 4) is 0 Å². The van der Waals surface area contributed by atoms with Crippen molar-refractivity contribution in [3.63, 3.8) is 0 Å². The molecule has 0 bridgehead atoms. The molecule has 152 valence electrons. The Kier molecular flexibility index (Phi) is 6.72. The highest BCUT2D eigenvalue weighted by Gasteiger charge is 2.45. The van der Waals surface area contributed by atoms with Gasteiger partial charge in [-0.3, -0.25) is 9.59 Å². The molecule has 1 saturated heterocycles. The van der Waals surface area contributed by atoms with Crippen molar-refractivity contribution in [1.29, 1.82) is 0 Å². The minimum atomic E-state index is -0.681. The fraction of sp³-hybridized carbons (Fsp3) is 0.304. The van der Waals surface area contributed by atoms with Crippen molar-refractivity contribution in [2.75, 3.05) is 20.3 Å². The van der Waals surface area contributed by atoms with Crippen LogP contribution in [0.25, 0.3) is 5.76 Å². The van der Waals surface area contributed by atoms with E-state index in [4.69, 9.17) is 16.3 Å². The Labute approximate surface area is 175 Å². The number of likely N-dealkylation sites (tertiary alicyclic amines) is 1. The van der Waals surface area contributed by atoms with Crippen LogP contribution in [0.2, 0.25) is 5.02 Å². The van der Waals surface area contributed by atoms with Crippen LogP contribution < -0.4 is 0 Å². The number of hydrogen-bond acceptors (Lipinski definition) is 4. The zero-order chi connectivity index (χ0) is 21.0. The molecule has 0 saturated carbocycles. The number of carbonyl (C=O) groups is 2. The van der Waals surface area contributed by atoms with E-state index in [1.165, 1.54) is 4.90 Å². The lowest BCUT2D eigenvalue weighted by molar-refractivity contribution is -0.140. The SMILES string of the molecule is CCc1ccc(C2/C(=C(/O)c3ccc(Cl)cc3)C(=O)C(=O)N2CCCOC)cc1. The molecule has 1 fully saturated rings. The number of Topliss-reactive ketones (excluding diaryl/α,β-unsaturated/α-hetero) is 1. The topological polar surface area (TPSA) is 66.8 Å². The number of rotatable bonds is 7. The van der Waals surface area contributed by atoms with Gasteiger partial charge in [0.05, 0.1) is 11.6 Å². The second-order valence-corrected chi connectivity index (χ2v) is 7.38. The summed E-state index contributed by atoms with van der Waals surface area (Å²) in [4.78, 5) is 27.2. The molecule has 29 heavy (non-hydrogen) atoms. The largest absolute Gasteiger partial charge is 0.507 e. The smallest absolute Gasteiger partial charge is 0.295 e. The molecule has 0 aromatic heterocycles. The lowest BCUT2D eigenvalue weighted by atomic mass is 9.94. The zero-order valence-electron chi connectivity index (χ0n) is 16.5. The van der Waals surface area contributed by atoms with Crippen LogP contribution >= 0.6 is 11.6 Å². The summed E-state index contributed by atoms with van der Waals surface area (Å²) in [5.74, 6) is -1.49. The van der Waals surface area contributed by atoms with Crippen LogP contribution in [0.4, 0.5) is 0 Å². The second kappa shape index (κ2) is 9.25. The molecule has 1 aliphatic heterocycles. The maximum absolute atomic E-state index is 12.9. The Bertz CT molecular complexity index is 919. The van der Waals surface area contributed by atoms with Crippen molar-refractivity contribution in [1.82, 2.24) is 4.90 Å². The number of ether oxygens (including phenoxy) is 1. The zero-order valence-corrected chi connectivity index (χ0v) is 17.3. The normalized spacial score (nSPS) is 18.4. The Morgan fingerprint density at radius 1 is 1.10 bits per heavy atom. The molecule has 5 nitrogen and oxygen atoms in total. The molecular weight excluding hydrogens is 390 g/mol. The van der Waals surface area contributed by atoms with Gasteiger partial charge in [-0.05, 0) is 48.2 Å². The molecule has 0 radical (unpaired) electrons. The summed E-state index contributed by atoms with van der Waals surface area (Å²) in [5, 5.41) is 11.5. The minimum absolute atomic E-state index is 0.0963. The third kappa shape index (κ3) is 4.36. The lowest BCUT2D eigenvalue weighted by Gasteiger charge is -2.25. The maximum atomic E-state index is 12.9. The molecule has 1 unspecified atom stereocenters. The molecule has 3 rings (SSSR count). The highest BCUT2D eigenvalue weighted by molar-refractivity contribution is 6.46. The van der Waals surface area contributed by atoms with Crippen LogP contribution in [-0.2, 0) is 20.7 Å². The predicted octanol–water partition coefficient (Wildman–Crippen LogP) is 4.36. The van der Waals surface area contributed by atoms with Crippen LogP contribution in [0.1, 0.15) is 36.1 Å². The van der Waals surface area contributed by atoms with Gasteiger partial charge >= 0.3 is 0 Å². The molecule has 1 N–H and O–H groups in total. The quantitative estimate of drug-likeness (QED) is 0.317. The number of amides is 1. The number of benzene rings is 2. The molecular formula is C23H24ClNO4. The van der Waals surface area contributed by atoms with Gasteiger partial charge in [-0.15, -0.1) is 0 Å². The molecule has 2 aromatic carbocycles. The van der Waals surface area contributed by atoms with Crippen molar-refractivity contribution in [2.24, 2.45) is 0 Å². The number of carbonyl (C=O) groups excluding carboxylic acids is 2. The summed E-state index contributed by atoms with van der Waals surface area (Å²) in [6.45, 7) is 2.89. The molecule has 1 amide bonds. The summed E-state index contributed by atoms with van der Waals surface area (Å²) in [7, 11) is 1.59. The highest BCUT2D eigenvalue weighted by atomic mass is 35.5. The molecule has 0 aliphatic carbocycles. The summed E-state index contributed by atoms with van der Waals surface area (Å²) < 4.78 is 5.09. The fourth-order valence-electron chi connectivity index (χ4n) is 3.54. The van der Waals surface area contributed by atoms with Gasteiger partial charge in [0, 0.05) is 30.8 Å². The minimum Gasteiger partial charge on any atom is -0.507 e. The van der Waals surface area contributed by atoms with Crippen molar-refractivity contribution >= 4 is 29.1 Å².